The van der Waals surface area contributed by atoms with Gasteiger partial charge in [-0.05, 0) is 17.3 Å². The molecule has 3 N–H and O–H groups in total. The van der Waals surface area contributed by atoms with Gasteiger partial charge in [0.2, 0.25) is 0 Å². The first kappa shape index (κ1) is 10.3. The van der Waals surface area contributed by atoms with Crippen LogP contribution in [0.1, 0.15) is 17.3 Å². The van der Waals surface area contributed by atoms with Crippen LogP contribution in [-0.2, 0) is 0 Å². The summed E-state index contributed by atoms with van der Waals surface area (Å²) in [5, 5.41) is 2.54. The van der Waals surface area contributed by atoms with Crippen molar-refractivity contribution >= 4 is 35.0 Å². The molecule has 6 heteroatoms. The molecule has 1 aromatic heterocycles. The smallest absolute Gasteiger partial charge is 0.256 e. The number of amides is 1. The Balaban J connectivity index is 3.01. The van der Waals surface area contributed by atoms with Gasteiger partial charge in [-0.25, -0.2) is 0 Å². The Kier molecular flexibility index (Phi) is 3.56. The molecule has 0 bridgehead atoms. The van der Waals surface area contributed by atoms with Crippen LogP contribution in [0.2, 0.25) is 0 Å². The summed E-state index contributed by atoms with van der Waals surface area (Å²) < 4.78 is 4.83. The monoisotopic (exact) mass is 217 g/mol. The van der Waals surface area contributed by atoms with Crippen LogP contribution in [0.5, 0.6) is 0 Å². The molecule has 0 saturated carbocycles. The second-order valence-electron chi connectivity index (χ2n) is 2.24. The van der Waals surface area contributed by atoms with Crippen LogP contribution in [0.25, 0.3) is 0 Å². The molecule has 1 heterocycles. The van der Waals surface area contributed by atoms with E-state index >= 15 is 0 Å². The summed E-state index contributed by atoms with van der Waals surface area (Å²) in [7, 11) is 1.58. The average molecular weight is 217 g/mol. The number of rotatable bonds is 3. The molecule has 1 aromatic rings. The number of hydrogen-bond donors (Lipinski definition) is 2. The largest absolute Gasteiger partial charge is 0.382 e. The predicted molar refractivity (Wildman–Crippen MR) is 56.3 cm³/mol. The van der Waals surface area contributed by atoms with Gasteiger partial charge < -0.3 is 11.1 Å². The summed E-state index contributed by atoms with van der Waals surface area (Å²) in [4.78, 5) is 11.4. The molecule has 0 unspecified atom stereocenters. The fraction of sp³-hybridized carbons (Fsp3) is 0.429. The number of nitrogens with one attached hydrogen (secondary N) is 1. The third-order valence-corrected chi connectivity index (χ3v) is 3.41. The highest BCUT2D eigenvalue weighted by molar-refractivity contribution is 8.01. The lowest BCUT2D eigenvalue weighted by atomic mass is 10.3. The SMILES string of the molecule is CCSc1snc(N)c1C(=O)NC. The van der Waals surface area contributed by atoms with E-state index in [-0.39, 0.29) is 5.91 Å². The topological polar surface area (TPSA) is 68.0 Å². The molecule has 72 valence electrons. The maximum Gasteiger partial charge on any atom is 0.256 e. The number of nitrogens with two attached hydrogens (primary N) is 1. The second-order valence-corrected chi connectivity index (χ2v) is 4.55. The number of hydrogen-bond acceptors (Lipinski definition) is 5. The summed E-state index contributed by atoms with van der Waals surface area (Å²) >= 11 is 2.85. The molecule has 4 nitrogen and oxygen atoms in total. The Morgan fingerprint density at radius 2 is 2.46 bits per heavy atom. The molecule has 0 aliphatic carbocycles. The maximum atomic E-state index is 11.4. The molecule has 0 fully saturated rings. The number of carbonyl (C=O) groups excluding carboxylic acids is 1. The lowest BCUT2D eigenvalue weighted by Crippen LogP contribution is -2.19. The number of nitrogens with zero attached hydrogens (tertiary/aromatic N) is 1. The lowest BCUT2D eigenvalue weighted by molar-refractivity contribution is 0.0962. The van der Waals surface area contributed by atoms with Crippen molar-refractivity contribution in [1.29, 1.82) is 0 Å². The van der Waals surface area contributed by atoms with Crippen LogP contribution >= 0.6 is 23.3 Å². The van der Waals surface area contributed by atoms with Gasteiger partial charge in [-0.15, -0.1) is 11.8 Å². The molecule has 0 saturated heterocycles. The quantitative estimate of drug-likeness (QED) is 0.746. The van der Waals surface area contributed by atoms with E-state index < -0.39 is 0 Å². The maximum absolute atomic E-state index is 11.4. The molecule has 0 aliphatic heterocycles. The predicted octanol–water partition coefficient (Wildman–Crippen LogP) is 1.20. The Bertz CT molecular complexity index is 311. The van der Waals surface area contributed by atoms with Crippen LogP contribution in [0.3, 0.4) is 0 Å². The van der Waals surface area contributed by atoms with Gasteiger partial charge in [-0.3, -0.25) is 4.79 Å². The van der Waals surface area contributed by atoms with Gasteiger partial charge >= 0.3 is 0 Å². The first-order valence-corrected chi connectivity index (χ1v) is 5.56. The van der Waals surface area contributed by atoms with Gasteiger partial charge in [0.25, 0.3) is 5.91 Å². The Hall–Kier alpha value is -0.750. The van der Waals surface area contributed by atoms with Crippen molar-refractivity contribution in [3.8, 4) is 0 Å². The van der Waals surface area contributed by atoms with Gasteiger partial charge in [-0.2, -0.15) is 4.37 Å². The summed E-state index contributed by atoms with van der Waals surface area (Å²) in [6.45, 7) is 2.02. The summed E-state index contributed by atoms with van der Waals surface area (Å²) in [5.74, 6) is 1.06. The fourth-order valence-corrected chi connectivity index (χ4v) is 2.69. The molecule has 1 rings (SSSR count). The zero-order chi connectivity index (χ0) is 9.84. The number of anilines is 1. The standard InChI is InChI=1S/C7H11N3OS2/c1-3-12-7-4(6(11)9-2)5(8)10-13-7/h3H2,1-2H3,(H2,8,10)(H,9,11). The lowest BCUT2D eigenvalue weighted by Gasteiger charge is -1.99. The van der Waals surface area contributed by atoms with E-state index in [9.17, 15) is 4.79 Å². The number of thioether (sulfide) groups is 1. The number of carbonyl (C=O) groups is 1. The Labute approximate surface area is 85.1 Å². The van der Waals surface area contributed by atoms with Crippen LogP contribution in [0.15, 0.2) is 4.21 Å². The zero-order valence-corrected chi connectivity index (χ0v) is 9.09. The molecular weight excluding hydrogens is 206 g/mol. The van der Waals surface area contributed by atoms with Crippen molar-refractivity contribution < 1.29 is 4.79 Å². The van der Waals surface area contributed by atoms with Crippen molar-refractivity contribution in [3.63, 3.8) is 0 Å². The third kappa shape index (κ3) is 2.13. The van der Waals surface area contributed by atoms with Crippen LogP contribution in [0.4, 0.5) is 5.82 Å². The van der Waals surface area contributed by atoms with Crippen LogP contribution in [0, 0.1) is 0 Å². The molecule has 0 aromatic carbocycles. The minimum atomic E-state index is -0.165. The number of aromatic nitrogens is 1. The highest BCUT2D eigenvalue weighted by Crippen LogP contribution is 2.30. The molecule has 0 radical (unpaired) electrons. The minimum absolute atomic E-state index is 0.165. The van der Waals surface area contributed by atoms with E-state index in [1.54, 1.807) is 18.8 Å². The van der Waals surface area contributed by atoms with Gasteiger partial charge in [0.05, 0.1) is 4.21 Å². The van der Waals surface area contributed by atoms with E-state index in [2.05, 4.69) is 9.69 Å². The van der Waals surface area contributed by atoms with E-state index in [4.69, 9.17) is 5.73 Å². The summed E-state index contributed by atoms with van der Waals surface area (Å²) in [6, 6.07) is 0. The van der Waals surface area contributed by atoms with Crippen molar-refractivity contribution in [3.05, 3.63) is 5.56 Å². The van der Waals surface area contributed by atoms with Gasteiger partial charge in [0.1, 0.15) is 5.56 Å². The molecule has 0 atom stereocenters. The van der Waals surface area contributed by atoms with E-state index in [0.29, 0.717) is 11.4 Å². The van der Waals surface area contributed by atoms with E-state index in [1.807, 2.05) is 6.92 Å². The first-order chi connectivity index (χ1) is 6.20. The van der Waals surface area contributed by atoms with Crippen LogP contribution in [-0.4, -0.2) is 23.1 Å². The molecule has 0 spiro atoms. The first-order valence-electron chi connectivity index (χ1n) is 3.80. The minimum Gasteiger partial charge on any atom is -0.382 e. The van der Waals surface area contributed by atoms with E-state index in [0.717, 1.165) is 9.96 Å². The van der Waals surface area contributed by atoms with Crippen molar-refractivity contribution in [2.75, 3.05) is 18.5 Å². The molecule has 0 aliphatic rings. The third-order valence-electron chi connectivity index (χ3n) is 1.42. The normalized spacial score (nSPS) is 10.0. The van der Waals surface area contributed by atoms with Crippen molar-refractivity contribution in [1.82, 2.24) is 9.69 Å². The number of nitrogen functional groups attached to an aromatic ring is 1. The zero-order valence-electron chi connectivity index (χ0n) is 7.46. The molecule has 1 amide bonds. The van der Waals surface area contributed by atoms with Gasteiger partial charge in [-0.1, -0.05) is 6.92 Å². The van der Waals surface area contributed by atoms with Gasteiger partial charge in [0, 0.05) is 7.05 Å². The van der Waals surface area contributed by atoms with Gasteiger partial charge in [0.15, 0.2) is 5.82 Å². The highest BCUT2D eigenvalue weighted by Gasteiger charge is 2.17. The van der Waals surface area contributed by atoms with Crippen LogP contribution < -0.4 is 11.1 Å². The summed E-state index contributed by atoms with van der Waals surface area (Å²) in [6.07, 6.45) is 0. The van der Waals surface area contributed by atoms with Crippen molar-refractivity contribution in [2.24, 2.45) is 0 Å². The average Bonchev–Trinajstić information content (AvgIpc) is 2.47. The molecular formula is C7H11N3OS2. The summed E-state index contributed by atoms with van der Waals surface area (Å²) in [5.41, 5.74) is 6.09. The fourth-order valence-electron chi connectivity index (χ4n) is 0.850. The van der Waals surface area contributed by atoms with Crippen molar-refractivity contribution in [2.45, 2.75) is 11.1 Å². The highest BCUT2D eigenvalue weighted by atomic mass is 32.2. The van der Waals surface area contributed by atoms with E-state index in [1.165, 1.54) is 11.5 Å². The molecule has 13 heavy (non-hydrogen) atoms. The second kappa shape index (κ2) is 4.48. The Morgan fingerprint density at radius 1 is 1.77 bits per heavy atom. The Morgan fingerprint density at radius 3 is 3.00 bits per heavy atom.